The van der Waals surface area contributed by atoms with Gasteiger partial charge in [0.05, 0.1) is 17.4 Å². The summed E-state index contributed by atoms with van der Waals surface area (Å²) < 4.78 is 31.7. The van der Waals surface area contributed by atoms with E-state index in [1.807, 2.05) is 13.8 Å². The van der Waals surface area contributed by atoms with Crippen LogP contribution in [-0.2, 0) is 14.8 Å². The van der Waals surface area contributed by atoms with E-state index in [1.165, 1.54) is 0 Å². The lowest BCUT2D eigenvalue weighted by Gasteiger charge is -2.28. The highest BCUT2D eigenvalue weighted by Crippen LogP contribution is 2.25. The number of hydrogen-bond acceptors (Lipinski definition) is 4. The van der Waals surface area contributed by atoms with Crippen molar-refractivity contribution in [1.29, 1.82) is 0 Å². The molecule has 5 nitrogen and oxygen atoms in total. The summed E-state index contributed by atoms with van der Waals surface area (Å²) in [6.45, 7) is 4.94. The SMILES string of the molecule is CC1OCCC1(C)NS(=O)(=O)CCCCN. The van der Waals surface area contributed by atoms with Crippen LogP contribution in [0.5, 0.6) is 0 Å². The van der Waals surface area contributed by atoms with Gasteiger partial charge in [0.2, 0.25) is 10.0 Å². The van der Waals surface area contributed by atoms with E-state index in [2.05, 4.69) is 4.72 Å². The van der Waals surface area contributed by atoms with Crippen LogP contribution in [0.25, 0.3) is 0 Å². The summed E-state index contributed by atoms with van der Waals surface area (Å²) >= 11 is 0. The molecule has 2 unspecified atom stereocenters. The monoisotopic (exact) mass is 250 g/mol. The van der Waals surface area contributed by atoms with Crippen LogP contribution in [-0.4, -0.2) is 39.0 Å². The van der Waals surface area contributed by atoms with Gasteiger partial charge in [0, 0.05) is 6.61 Å². The van der Waals surface area contributed by atoms with Crippen LogP contribution in [0.3, 0.4) is 0 Å². The Morgan fingerprint density at radius 1 is 1.50 bits per heavy atom. The largest absolute Gasteiger partial charge is 0.376 e. The summed E-state index contributed by atoms with van der Waals surface area (Å²) in [5.41, 5.74) is 4.88. The second-order valence-corrected chi connectivity index (χ2v) is 6.44. The molecule has 6 heteroatoms. The van der Waals surface area contributed by atoms with Gasteiger partial charge >= 0.3 is 0 Å². The zero-order chi connectivity index (χ0) is 12.2. The molecule has 0 radical (unpaired) electrons. The summed E-state index contributed by atoms with van der Waals surface area (Å²) in [4.78, 5) is 0. The maximum atomic E-state index is 11.8. The minimum absolute atomic E-state index is 0.0724. The molecule has 0 aliphatic carbocycles. The molecule has 1 aliphatic heterocycles. The molecule has 16 heavy (non-hydrogen) atoms. The number of rotatable bonds is 6. The Morgan fingerprint density at radius 2 is 2.19 bits per heavy atom. The Balaban J connectivity index is 2.51. The van der Waals surface area contributed by atoms with Crippen LogP contribution in [0.2, 0.25) is 0 Å². The van der Waals surface area contributed by atoms with Crippen LogP contribution < -0.4 is 10.5 Å². The van der Waals surface area contributed by atoms with E-state index >= 15 is 0 Å². The molecule has 0 saturated carbocycles. The van der Waals surface area contributed by atoms with Gasteiger partial charge in [-0.2, -0.15) is 0 Å². The van der Waals surface area contributed by atoms with Gasteiger partial charge in [-0.3, -0.25) is 0 Å². The van der Waals surface area contributed by atoms with Crippen LogP contribution in [0.1, 0.15) is 33.1 Å². The van der Waals surface area contributed by atoms with E-state index in [0.717, 1.165) is 12.8 Å². The van der Waals surface area contributed by atoms with Crippen molar-refractivity contribution in [2.24, 2.45) is 5.73 Å². The molecule has 0 aromatic heterocycles. The van der Waals surface area contributed by atoms with Crippen LogP contribution in [0.4, 0.5) is 0 Å². The van der Waals surface area contributed by atoms with E-state index in [4.69, 9.17) is 10.5 Å². The maximum Gasteiger partial charge on any atom is 0.212 e. The summed E-state index contributed by atoms with van der Waals surface area (Å²) in [5.74, 6) is 0.145. The topological polar surface area (TPSA) is 81.4 Å². The van der Waals surface area contributed by atoms with Gasteiger partial charge in [0.1, 0.15) is 0 Å². The second-order valence-electron chi connectivity index (χ2n) is 4.60. The predicted molar refractivity (Wildman–Crippen MR) is 63.6 cm³/mol. The average Bonchev–Trinajstić information content (AvgIpc) is 2.46. The predicted octanol–water partition coefficient (Wildman–Crippen LogP) is 0.212. The fraction of sp³-hybridized carbons (Fsp3) is 1.00. The summed E-state index contributed by atoms with van der Waals surface area (Å²) in [7, 11) is -3.21. The van der Waals surface area contributed by atoms with Crippen molar-refractivity contribution in [2.75, 3.05) is 18.9 Å². The standard InChI is InChI=1S/C10H22N2O3S/c1-9-10(2,5-7-15-9)12-16(13,14)8-4-3-6-11/h9,12H,3-8,11H2,1-2H3. The van der Waals surface area contributed by atoms with Crippen molar-refractivity contribution in [2.45, 2.75) is 44.8 Å². The molecule has 0 aromatic carbocycles. The van der Waals surface area contributed by atoms with Crippen LogP contribution >= 0.6 is 0 Å². The molecule has 0 bridgehead atoms. The highest BCUT2D eigenvalue weighted by atomic mass is 32.2. The lowest BCUT2D eigenvalue weighted by molar-refractivity contribution is 0.0957. The number of hydrogen-bond donors (Lipinski definition) is 2. The zero-order valence-corrected chi connectivity index (χ0v) is 10.8. The Bertz CT molecular complexity index is 318. The summed E-state index contributed by atoms with van der Waals surface area (Å²) in [6, 6.07) is 0. The van der Waals surface area contributed by atoms with Crippen molar-refractivity contribution in [1.82, 2.24) is 4.72 Å². The molecule has 1 fully saturated rings. The average molecular weight is 250 g/mol. The van der Waals surface area contributed by atoms with Crippen molar-refractivity contribution in [3.63, 3.8) is 0 Å². The molecule has 1 aliphatic rings. The number of nitrogens with two attached hydrogens (primary N) is 1. The fourth-order valence-corrected chi connectivity index (χ4v) is 3.48. The molecule has 1 heterocycles. The summed E-state index contributed by atoms with van der Waals surface area (Å²) in [5, 5.41) is 0. The Labute approximate surface area is 97.8 Å². The highest BCUT2D eigenvalue weighted by molar-refractivity contribution is 7.89. The van der Waals surface area contributed by atoms with Gasteiger partial charge in [-0.1, -0.05) is 0 Å². The van der Waals surface area contributed by atoms with Gasteiger partial charge in [0.25, 0.3) is 0 Å². The molecular weight excluding hydrogens is 228 g/mol. The Hall–Kier alpha value is -0.170. The smallest absolute Gasteiger partial charge is 0.212 e. The molecule has 0 aromatic rings. The molecule has 1 saturated heterocycles. The van der Waals surface area contributed by atoms with E-state index in [0.29, 0.717) is 19.6 Å². The molecule has 96 valence electrons. The molecular formula is C10H22N2O3S. The fourth-order valence-electron chi connectivity index (χ4n) is 1.81. The minimum Gasteiger partial charge on any atom is -0.376 e. The molecule has 1 rings (SSSR count). The van der Waals surface area contributed by atoms with Crippen molar-refractivity contribution >= 4 is 10.0 Å². The first-order valence-corrected chi connectivity index (χ1v) is 7.38. The van der Waals surface area contributed by atoms with Gasteiger partial charge in [-0.15, -0.1) is 0 Å². The second kappa shape index (κ2) is 5.44. The first-order chi connectivity index (χ1) is 7.40. The Morgan fingerprint density at radius 3 is 2.69 bits per heavy atom. The number of nitrogens with one attached hydrogen (secondary N) is 1. The third kappa shape index (κ3) is 3.69. The quantitative estimate of drug-likeness (QED) is 0.660. The molecule has 3 N–H and O–H groups in total. The van der Waals surface area contributed by atoms with E-state index in [1.54, 1.807) is 0 Å². The highest BCUT2D eigenvalue weighted by Gasteiger charge is 2.39. The van der Waals surface area contributed by atoms with Gasteiger partial charge < -0.3 is 10.5 Å². The zero-order valence-electron chi connectivity index (χ0n) is 10.0. The molecule has 2 atom stereocenters. The molecule has 0 amide bonds. The van der Waals surface area contributed by atoms with Crippen molar-refractivity contribution < 1.29 is 13.2 Å². The Kier molecular flexibility index (Phi) is 4.73. The number of unbranched alkanes of at least 4 members (excludes halogenated alkanes) is 1. The minimum atomic E-state index is -3.21. The number of ether oxygens (including phenoxy) is 1. The van der Waals surface area contributed by atoms with Crippen molar-refractivity contribution in [3.05, 3.63) is 0 Å². The lowest BCUT2D eigenvalue weighted by atomic mass is 9.97. The van der Waals surface area contributed by atoms with E-state index in [9.17, 15) is 8.42 Å². The van der Waals surface area contributed by atoms with Crippen LogP contribution in [0, 0.1) is 0 Å². The summed E-state index contributed by atoms with van der Waals surface area (Å²) in [6.07, 6.45) is 2.00. The maximum absolute atomic E-state index is 11.8. The molecule has 0 spiro atoms. The lowest BCUT2D eigenvalue weighted by Crippen LogP contribution is -2.51. The van der Waals surface area contributed by atoms with E-state index < -0.39 is 15.6 Å². The van der Waals surface area contributed by atoms with Crippen molar-refractivity contribution in [3.8, 4) is 0 Å². The normalized spacial score (nSPS) is 30.8. The van der Waals surface area contributed by atoms with Crippen LogP contribution in [0.15, 0.2) is 0 Å². The first kappa shape index (κ1) is 13.9. The van der Waals surface area contributed by atoms with Gasteiger partial charge in [0.15, 0.2) is 0 Å². The van der Waals surface area contributed by atoms with Gasteiger partial charge in [-0.25, -0.2) is 13.1 Å². The third-order valence-corrected chi connectivity index (χ3v) is 4.75. The van der Waals surface area contributed by atoms with E-state index in [-0.39, 0.29) is 11.9 Å². The third-order valence-electron chi connectivity index (χ3n) is 3.14. The first-order valence-electron chi connectivity index (χ1n) is 5.73. The number of sulfonamides is 1. The van der Waals surface area contributed by atoms with Gasteiger partial charge in [-0.05, 0) is 39.7 Å².